The molecule has 0 radical (unpaired) electrons. The highest BCUT2D eigenvalue weighted by molar-refractivity contribution is 7.03. The smallest absolute Gasteiger partial charge is 0.229 e. The van der Waals surface area contributed by atoms with Crippen LogP contribution in [0.15, 0.2) is 47.8 Å². The summed E-state index contributed by atoms with van der Waals surface area (Å²) >= 11 is 1.29. The first-order valence-electron chi connectivity index (χ1n) is 9.30. The van der Waals surface area contributed by atoms with Crippen molar-refractivity contribution in [2.45, 2.75) is 6.42 Å². The van der Waals surface area contributed by atoms with Gasteiger partial charge in [0.2, 0.25) is 11.8 Å². The fraction of sp³-hybridized carbons (Fsp3) is 0.238. The molecule has 2 heterocycles. The number of rotatable bonds is 6. The fourth-order valence-electron chi connectivity index (χ4n) is 3.38. The molecule has 1 unspecified atom stereocenters. The van der Waals surface area contributed by atoms with E-state index in [0.717, 1.165) is 11.3 Å². The van der Waals surface area contributed by atoms with Gasteiger partial charge in [-0.15, -0.1) is 5.10 Å². The molecule has 8 nitrogen and oxygen atoms in total. The largest absolute Gasteiger partial charge is 0.497 e. The minimum absolute atomic E-state index is 0.131. The van der Waals surface area contributed by atoms with E-state index in [4.69, 9.17) is 9.47 Å². The number of aromatic nitrogens is 2. The van der Waals surface area contributed by atoms with E-state index in [1.165, 1.54) is 11.5 Å². The van der Waals surface area contributed by atoms with E-state index >= 15 is 0 Å². The molecule has 4 rings (SSSR count). The van der Waals surface area contributed by atoms with E-state index in [-0.39, 0.29) is 24.8 Å². The molecular weight excluding hydrogens is 404 g/mol. The molecule has 0 aliphatic carbocycles. The molecule has 0 spiro atoms. The van der Waals surface area contributed by atoms with E-state index in [0.29, 0.717) is 22.9 Å². The summed E-state index contributed by atoms with van der Waals surface area (Å²) in [5.74, 6) is 0.374. The predicted octanol–water partition coefficient (Wildman–Crippen LogP) is 3.21. The van der Waals surface area contributed by atoms with Crippen LogP contribution in [0.2, 0.25) is 0 Å². The number of hydrogen-bond donors (Lipinski definition) is 1. The Labute approximate surface area is 177 Å². The van der Waals surface area contributed by atoms with Gasteiger partial charge in [0.25, 0.3) is 0 Å². The van der Waals surface area contributed by atoms with Gasteiger partial charge in [0.15, 0.2) is 0 Å². The standard InChI is InChI=1S/C21H20N4O4S/c1-28-16-7-8-19(29-2)18(10-16)25-11-14(9-20(25)26)21(27)22-15-5-3-13(4-6-15)17-12-30-24-23-17/h3-8,10,12,14H,9,11H2,1-2H3,(H,22,27). The topological polar surface area (TPSA) is 93.7 Å². The number of anilines is 2. The summed E-state index contributed by atoms with van der Waals surface area (Å²) in [6, 6.07) is 12.6. The van der Waals surface area contributed by atoms with Crippen LogP contribution in [0, 0.1) is 5.92 Å². The number of methoxy groups -OCH3 is 2. The third-order valence-corrected chi connectivity index (χ3v) is 5.49. The maximum Gasteiger partial charge on any atom is 0.229 e. The average Bonchev–Trinajstić information content (AvgIpc) is 3.44. The number of ether oxygens (including phenoxy) is 2. The van der Waals surface area contributed by atoms with Crippen LogP contribution < -0.4 is 19.7 Å². The van der Waals surface area contributed by atoms with Crippen molar-refractivity contribution in [1.29, 1.82) is 0 Å². The molecule has 1 aromatic heterocycles. The quantitative estimate of drug-likeness (QED) is 0.653. The Kier molecular flexibility index (Phi) is 5.62. The van der Waals surface area contributed by atoms with Gasteiger partial charge in [0.1, 0.15) is 17.2 Å². The summed E-state index contributed by atoms with van der Waals surface area (Å²) in [7, 11) is 3.10. The van der Waals surface area contributed by atoms with Crippen LogP contribution in [-0.4, -0.2) is 42.2 Å². The number of carbonyl (C=O) groups is 2. The Morgan fingerprint density at radius 2 is 1.97 bits per heavy atom. The van der Waals surface area contributed by atoms with E-state index in [2.05, 4.69) is 14.9 Å². The molecular formula is C21H20N4O4S. The Hall–Kier alpha value is -3.46. The highest BCUT2D eigenvalue weighted by Gasteiger charge is 2.36. The second-order valence-electron chi connectivity index (χ2n) is 6.80. The third kappa shape index (κ3) is 3.97. The van der Waals surface area contributed by atoms with E-state index in [1.54, 1.807) is 37.3 Å². The predicted molar refractivity (Wildman–Crippen MR) is 114 cm³/mol. The lowest BCUT2D eigenvalue weighted by Crippen LogP contribution is -2.28. The van der Waals surface area contributed by atoms with Crippen molar-refractivity contribution < 1.29 is 19.1 Å². The van der Waals surface area contributed by atoms with Gasteiger partial charge in [-0.2, -0.15) is 0 Å². The number of benzene rings is 2. The molecule has 9 heteroatoms. The molecule has 1 N–H and O–H groups in total. The zero-order valence-electron chi connectivity index (χ0n) is 16.5. The minimum Gasteiger partial charge on any atom is -0.497 e. The number of hydrogen-bond acceptors (Lipinski definition) is 7. The average molecular weight is 424 g/mol. The van der Waals surface area contributed by atoms with Crippen molar-refractivity contribution in [3.8, 4) is 22.8 Å². The van der Waals surface area contributed by atoms with Crippen LogP contribution in [0.5, 0.6) is 11.5 Å². The molecule has 0 bridgehead atoms. The van der Waals surface area contributed by atoms with Gasteiger partial charge in [-0.05, 0) is 35.8 Å². The van der Waals surface area contributed by atoms with Crippen LogP contribution >= 0.6 is 11.5 Å². The Morgan fingerprint density at radius 3 is 2.63 bits per heavy atom. The Balaban J connectivity index is 1.46. The van der Waals surface area contributed by atoms with Crippen molar-refractivity contribution in [3.05, 3.63) is 47.8 Å². The number of amides is 2. The van der Waals surface area contributed by atoms with Crippen molar-refractivity contribution >= 4 is 34.7 Å². The van der Waals surface area contributed by atoms with Crippen LogP contribution in [-0.2, 0) is 9.59 Å². The first-order valence-corrected chi connectivity index (χ1v) is 10.1. The second kappa shape index (κ2) is 8.50. The summed E-state index contributed by atoms with van der Waals surface area (Å²) in [4.78, 5) is 27.0. The highest BCUT2D eigenvalue weighted by Crippen LogP contribution is 2.36. The van der Waals surface area contributed by atoms with Crippen LogP contribution in [0.25, 0.3) is 11.3 Å². The summed E-state index contributed by atoms with van der Waals surface area (Å²) in [6.45, 7) is 0.275. The highest BCUT2D eigenvalue weighted by atomic mass is 32.1. The first kappa shape index (κ1) is 19.8. The first-order chi connectivity index (χ1) is 14.6. The molecule has 0 saturated carbocycles. The molecule has 154 valence electrons. The molecule has 1 fully saturated rings. The fourth-order valence-corrected chi connectivity index (χ4v) is 3.85. The molecule has 1 aliphatic heterocycles. The maximum absolute atomic E-state index is 12.8. The van der Waals surface area contributed by atoms with Crippen LogP contribution in [0.1, 0.15) is 6.42 Å². The van der Waals surface area contributed by atoms with Crippen LogP contribution in [0.3, 0.4) is 0 Å². The van der Waals surface area contributed by atoms with Gasteiger partial charge >= 0.3 is 0 Å². The second-order valence-corrected chi connectivity index (χ2v) is 7.41. The van der Waals surface area contributed by atoms with Crippen molar-refractivity contribution in [3.63, 3.8) is 0 Å². The molecule has 1 saturated heterocycles. The molecule has 1 aliphatic rings. The lowest BCUT2D eigenvalue weighted by molar-refractivity contribution is -0.122. The summed E-state index contributed by atoms with van der Waals surface area (Å²) in [5.41, 5.74) is 2.98. The third-order valence-electron chi connectivity index (χ3n) is 4.98. The zero-order chi connectivity index (χ0) is 21.1. The van der Waals surface area contributed by atoms with Crippen LogP contribution in [0.4, 0.5) is 11.4 Å². The van der Waals surface area contributed by atoms with E-state index in [1.807, 2.05) is 29.6 Å². The molecule has 2 aromatic carbocycles. The van der Waals surface area contributed by atoms with Gasteiger partial charge in [-0.3, -0.25) is 9.59 Å². The zero-order valence-corrected chi connectivity index (χ0v) is 17.3. The van der Waals surface area contributed by atoms with Gasteiger partial charge in [-0.1, -0.05) is 16.6 Å². The number of carbonyl (C=O) groups excluding carboxylic acids is 2. The van der Waals surface area contributed by atoms with Crippen molar-refractivity contribution in [2.75, 3.05) is 31.0 Å². The number of nitrogens with zero attached hydrogens (tertiary/aromatic N) is 3. The van der Waals surface area contributed by atoms with Gasteiger partial charge in [-0.25, -0.2) is 0 Å². The van der Waals surface area contributed by atoms with Crippen molar-refractivity contribution in [2.24, 2.45) is 5.92 Å². The van der Waals surface area contributed by atoms with Gasteiger partial charge in [0, 0.05) is 35.7 Å². The molecule has 2 amide bonds. The minimum atomic E-state index is -0.462. The van der Waals surface area contributed by atoms with Gasteiger partial charge < -0.3 is 19.7 Å². The molecule has 3 aromatic rings. The monoisotopic (exact) mass is 424 g/mol. The summed E-state index contributed by atoms with van der Waals surface area (Å²) in [6.07, 6.45) is 0.134. The maximum atomic E-state index is 12.8. The summed E-state index contributed by atoms with van der Waals surface area (Å²) < 4.78 is 14.5. The molecule has 30 heavy (non-hydrogen) atoms. The van der Waals surface area contributed by atoms with E-state index in [9.17, 15) is 9.59 Å². The SMILES string of the molecule is COc1ccc(OC)c(N2CC(C(=O)Nc3ccc(-c4csnn4)cc3)CC2=O)c1. The van der Waals surface area contributed by atoms with Crippen molar-refractivity contribution in [1.82, 2.24) is 9.59 Å². The van der Waals surface area contributed by atoms with E-state index < -0.39 is 5.92 Å². The van der Waals surface area contributed by atoms with Gasteiger partial charge in [0.05, 0.1) is 25.8 Å². The summed E-state index contributed by atoms with van der Waals surface area (Å²) in [5, 5.41) is 8.78. The lowest BCUT2D eigenvalue weighted by Gasteiger charge is -2.20. The molecule has 1 atom stereocenters. The number of nitrogens with one attached hydrogen (secondary N) is 1. The lowest BCUT2D eigenvalue weighted by atomic mass is 10.1. The Bertz CT molecular complexity index is 1050. The Morgan fingerprint density at radius 1 is 1.17 bits per heavy atom. The normalized spacial score (nSPS) is 15.9.